The van der Waals surface area contributed by atoms with Crippen molar-refractivity contribution >= 4 is 11.6 Å². The van der Waals surface area contributed by atoms with Crippen LogP contribution in [0.1, 0.15) is 25.3 Å². The van der Waals surface area contributed by atoms with Gasteiger partial charge in [-0.2, -0.15) is 0 Å². The van der Waals surface area contributed by atoms with E-state index < -0.39 is 0 Å². The van der Waals surface area contributed by atoms with Crippen molar-refractivity contribution in [2.24, 2.45) is 0 Å². The maximum atomic E-state index is 11.0. The predicted molar refractivity (Wildman–Crippen MR) is 65.5 cm³/mol. The SMILES string of the molecule is CNC1(Cc2cccc(NC(C)=O)c2)CC1. The van der Waals surface area contributed by atoms with Gasteiger partial charge in [0.05, 0.1) is 0 Å². The molecule has 1 aromatic rings. The summed E-state index contributed by atoms with van der Waals surface area (Å²) in [6.45, 7) is 1.53. The molecule has 3 nitrogen and oxygen atoms in total. The van der Waals surface area contributed by atoms with Gasteiger partial charge in [0.15, 0.2) is 0 Å². The highest BCUT2D eigenvalue weighted by Crippen LogP contribution is 2.38. The fraction of sp³-hybridized carbons (Fsp3) is 0.462. The molecule has 0 bridgehead atoms. The normalized spacial score (nSPS) is 16.9. The average Bonchev–Trinajstić information content (AvgIpc) is 2.98. The zero-order valence-electron chi connectivity index (χ0n) is 9.84. The molecule has 0 aromatic heterocycles. The number of likely N-dealkylation sites (N-methyl/N-ethyl adjacent to an activating group) is 1. The van der Waals surface area contributed by atoms with Gasteiger partial charge in [-0.3, -0.25) is 4.79 Å². The molecule has 0 atom stereocenters. The number of amides is 1. The van der Waals surface area contributed by atoms with E-state index in [1.165, 1.54) is 25.3 Å². The summed E-state index contributed by atoms with van der Waals surface area (Å²) in [4.78, 5) is 11.0. The van der Waals surface area contributed by atoms with E-state index in [-0.39, 0.29) is 5.91 Å². The molecular formula is C13H18N2O. The second-order valence-electron chi connectivity index (χ2n) is 4.59. The van der Waals surface area contributed by atoms with Gasteiger partial charge in [-0.05, 0) is 44.0 Å². The van der Waals surface area contributed by atoms with Crippen molar-refractivity contribution < 1.29 is 4.79 Å². The van der Waals surface area contributed by atoms with Gasteiger partial charge in [0.1, 0.15) is 0 Å². The van der Waals surface area contributed by atoms with Gasteiger partial charge < -0.3 is 10.6 Å². The number of rotatable bonds is 4. The predicted octanol–water partition coefficient (Wildman–Crippen LogP) is 1.94. The number of carbonyl (C=O) groups is 1. The lowest BCUT2D eigenvalue weighted by Gasteiger charge is -2.14. The molecule has 1 fully saturated rings. The molecule has 0 saturated heterocycles. The minimum absolute atomic E-state index is 0.0214. The molecule has 2 N–H and O–H groups in total. The first kappa shape index (κ1) is 11.1. The number of hydrogen-bond donors (Lipinski definition) is 2. The molecule has 0 radical (unpaired) electrons. The van der Waals surface area contributed by atoms with Crippen LogP contribution in [0.5, 0.6) is 0 Å². The largest absolute Gasteiger partial charge is 0.326 e. The lowest BCUT2D eigenvalue weighted by atomic mass is 10.0. The Balaban J connectivity index is 2.07. The summed E-state index contributed by atoms with van der Waals surface area (Å²) in [5.41, 5.74) is 2.48. The molecule has 16 heavy (non-hydrogen) atoms. The molecule has 0 aliphatic heterocycles. The number of carbonyl (C=O) groups excluding carboxylic acids is 1. The van der Waals surface area contributed by atoms with Gasteiger partial charge >= 0.3 is 0 Å². The monoisotopic (exact) mass is 218 g/mol. The van der Waals surface area contributed by atoms with Gasteiger partial charge in [0.25, 0.3) is 0 Å². The van der Waals surface area contributed by atoms with Crippen LogP contribution < -0.4 is 10.6 Å². The standard InChI is InChI=1S/C13H18N2O/c1-10(16)15-12-5-3-4-11(8-12)9-13(14-2)6-7-13/h3-5,8,14H,6-7,9H2,1-2H3,(H,15,16). The van der Waals surface area contributed by atoms with Crippen molar-refractivity contribution in [1.82, 2.24) is 5.32 Å². The highest BCUT2D eigenvalue weighted by atomic mass is 16.1. The quantitative estimate of drug-likeness (QED) is 0.811. The van der Waals surface area contributed by atoms with Crippen LogP contribution in [0.4, 0.5) is 5.69 Å². The van der Waals surface area contributed by atoms with Crippen LogP contribution in [0.15, 0.2) is 24.3 Å². The summed E-state index contributed by atoms with van der Waals surface area (Å²) < 4.78 is 0. The van der Waals surface area contributed by atoms with Crippen LogP contribution in [0.3, 0.4) is 0 Å². The van der Waals surface area contributed by atoms with Gasteiger partial charge in [0.2, 0.25) is 5.91 Å². The Labute approximate surface area is 96.2 Å². The Morgan fingerprint density at radius 2 is 2.19 bits per heavy atom. The first-order chi connectivity index (χ1) is 7.63. The van der Waals surface area contributed by atoms with E-state index in [0.717, 1.165) is 12.1 Å². The highest BCUT2D eigenvalue weighted by Gasteiger charge is 2.40. The summed E-state index contributed by atoms with van der Waals surface area (Å²) in [6.07, 6.45) is 3.53. The summed E-state index contributed by atoms with van der Waals surface area (Å²) in [6, 6.07) is 8.08. The first-order valence-electron chi connectivity index (χ1n) is 5.69. The van der Waals surface area contributed by atoms with Crippen molar-refractivity contribution in [3.8, 4) is 0 Å². The summed E-state index contributed by atoms with van der Waals surface area (Å²) in [5, 5.41) is 6.18. The molecular weight excluding hydrogens is 200 g/mol. The fourth-order valence-electron chi connectivity index (χ4n) is 2.02. The van der Waals surface area contributed by atoms with Crippen LogP contribution in [-0.2, 0) is 11.2 Å². The highest BCUT2D eigenvalue weighted by molar-refractivity contribution is 5.88. The van der Waals surface area contributed by atoms with Crippen LogP contribution >= 0.6 is 0 Å². The summed E-state index contributed by atoms with van der Waals surface area (Å²) in [5.74, 6) is -0.0214. The molecule has 0 unspecified atom stereocenters. The Morgan fingerprint density at radius 1 is 1.44 bits per heavy atom. The molecule has 0 spiro atoms. The second kappa shape index (κ2) is 4.26. The summed E-state index contributed by atoms with van der Waals surface area (Å²) in [7, 11) is 2.02. The minimum Gasteiger partial charge on any atom is -0.326 e. The van der Waals surface area contributed by atoms with E-state index in [4.69, 9.17) is 0 Å². The fourth-order valence-corrected chi connectivity index (χ4v) is 2.02. The molecule has 1 amide bonds. The van der Waals surface area contributed by atoms with Crippen LogP contribution in [0.2, 0.25) is 0 Å². The topological polar surface area (TPSA) is 41.1 Å². The van der Waals surface area contributed by atoms with E-state index in [2.05, 4.69) is 22.8 Å². The maximum absolute atomic E-state index is 11.0. The van der Waals surface area contributed by atoms with E-state index in [1.54, 1.807) is 0 Å². The first-order valence-corrected chi connectivity index (χ1v) is 5.69. The molecule has 3 heteroatoms. The van der Waals surface area contributed by atoms with Gasteiger partial charge in [-0.15, -0.1) is 0 Å². The smallest absolute Gasteiger partial charge is 0.221 e. The number of hydrogen-bond acceptors (Lipinski definition) is 2. The molecule has 1 aliphatic carbocycles. The molecule has 0 heterocycles. The van der Waals surface area contributed by atoms with Gasteiger partial charge in [-0.25, -0.2) is 0 Å². The molecule has 1 aliphatic rings. The molecule has 86 valence electrons. The Hall–Kier alpha value is -1.35. The van der Waals surface area contributed by atoms with Crippen molar-refractivity contribution in [3.63, 3.8) is 0 Å². The van der Waals surface area contributed by atoms with Gasteiger partial charge in [-0.1, -0.05) is 12.1 Å². The van der Waals surface area contributed by atoms with Crippen molar-refractivity contribution in [3.05, 3.63) is 29.8 Å². The van der Waals surface area contributed by atoms with E-state index >= 15 is 0 Å². The second-order valence-corrected chi connectivity index (χ2v) is 4.59. The van der Waals surface area contributed by atoms with E-state index in [1.807, 2.05) is 19.2 Å². The average molecular weight is 218 g/mol. The van der Waals surface area contributed by atoms with Crippen LogP contribution in [0.25, 0.3) is 0 Å². The van der Waals surface area contributed by atoms with E-state index in [0.29, 0.717) is 5.54 Å². The van der Waals surface area contributed by atoms with Crippen molar-refractivity contribution in [2.75, 3.05) is 12.4 Å². The molecule has 1 saturated carbocycles. The van der Waals surface area contributed by atoms with Gasteiger partial charge in [0, 0.05) is 18.2 Å². The minimum atomic E-state index is -0.0214. The number of benzene rings is 1. The lowest BCUT2D eigenvalue weighted by molar-refractivity contribution is -0.114. The van der Waals surface area contributed by atoms with Crippen molar-refractivity contribution in [1.29, 1.82) is 0 Å². The Morgan fingerprint density at radius 3 is 2.75 bits per heavy atom. The summed E-state index contributed by atoms with van der Waals surface area (Å²) >= 11 is 0. The van der Waals surface area contributed by atoms with Crippen LogP contribution in [-0.4, -0.2) is 18.5 Å². The lowest BCUT2D eigenvalue weighted by Crippen LogP contribution is -2.29. The maximum Gasteiger partial charge on any atom is 0.221 e. The third-order valence-electron chi connectivity index (χ3n) is 3.17. The third-order valence-corrected chi connectivity index (χ3v) is 3.17. The Bertz CT molecular complexity index is 397. The zero-order valence-corrected chi connectivity index (χ0v) is 9.84. The number of anilines is 1. The molecule has 2 rings (SSSR count). The molecule has 1 aromatic carbocycles. The Kier molecular flexibility index (Phi) is 2.97. The van der Waals surface area contributed by atoms with Crippen molar-refractivity contribution in [2.45, 2.75) is 31.7 Å². The van der Waals surface area contributed by atoms with Crippen LogP contribution in [0, 0.1) is 0 Å². The zero-order chi connectivity index (χ0) is 11.6. The third kappa shape index (κ3) is 2.61. The number of nitrogens with one attached hydrogen (secondary N) is 2. The van der Waals surface area contributed by atoms with E-state index in [9.17, 15) is 4.79 Å².